The van der Waals surface area contributed by atoms with E-state index in [4.69, 9.17) is 9.84 Å². The molecule has 0 bridgehead atoms. The molecule has 124 valence electrons. The van der Waals surface area contributed by atoms with Crippen molar-refractivity contribution in [2.24, 2.45) is 0 Å². The van der Waals surface area contributed by atoms with Gasteiger partial charge in [-0.3, -0.25) is 14.4 Å². The second kappa shape index (κ2) is 7.73. The van der Waals surface area contributed by atoms with Crippen LogP contribution in [0.1, 0.15) is 36.5 Å². The molecule has 1 heterocycles. The Labute approximate surface area is 134 Å². The molecule has 1 aromatic carbocycles. The second-order valence-corrected chi connectivity index (χ2v) is 5.50. The van der Waals surface area contributed by atoms with Crippen LogP contribution in [0.25, 0.3) is 0 Å². The number of anilines is 1. The van der Waals surface area contributed by atoms with Gasteiger partial charge in [0.05, 0.1) is 12.5 Å². The highest BCUT2D eigenvalue weighted by atomic mass is 16.5. The van der Waals surface area contributed by atoms with Crippen molar-refractivity contribution in [2.75, 3.05) is 11.9 Å². The molecule has 2 atom stereocenters. The van der Waals surface area contributed by atoms with E-state index in [1.807, 2.05) is 0 Å². The van der Waals surface area contributed by atoms with E-state index in [1.165, 1.54) is 19.1 Å². The number of carbonyl (C=O) groups is 3. The Kier molecular flexibility index (Phi) is 5.70. The first-order valence-electron chi connectivity index (χ1n) is 7.51. The maximum absolute atomic E-state index is 11.9. The molecule has 7 heteroatoms. The molecule has 2 rings (SSSR count). The van der Waals surface area contributed by atoms with E-state index in [2.05, 4.69) is 10.6 Å². The number of carboxylic acids is 1. The van der Waals surface area contributed by atoms with E-state index in [1.54, 1.807) is 12.1 Å². The standard InChI is InChI=1S/C16H20N2O5/c1-10(16(21)22)17-15(20)11-4-6-12(7-5-11)18-14(19)9-13-3-2-8-23-13/h4-7,10,13H,2-3,8-9H2,1H3,(H,17,20)(H,18,19)(H,21,22). The van der Waals surface area contributed by atoms with Crippen molar-refractivity contribution >= 4 is 23.5 Å². The number of ether oxygens (including phenoxy) is 1. The Hall–Kier alpha value is -2.41. The molecule has 1 aliphatic heterocycles. The fraction of sp³-hybridized carbons (Fsp3) is 0.438. The minimum atomic E-state index is -1.10. The van der Waals surface area contributed by atoms with Crippen molar-refractivity contribution in [3.63, 3.8) is 0 Å². The maximum Gasteiger partial charge on any atom is 0.325 e. The summed E-state index contributed by atoms with van der Waals surface area (Å²) in [4.78, 5) is 34.4. The van der Waals surface area contributed by atoms with Crippen LogP contribution < -0.4 is 10.6 Å². The van der Waals surface area contributed by atoms with E-state index >= 15 is 0 Å². The Morgan fingerprint density at radius 2 is 2.00 bits per heavy atom. The smallest absolute Gasteiger partial charge is 0.325 e. The van der Waals surface area contributed by atoms with Crippen molar-refractivity contribution in [2.45, 2.75) is 38.3 Å². The molecule has 1 aliphatic rings. The fourth-order valence-electron chi connectivity index (χ4n) is 2.27. The number of carbonyl (C=O) groups excluding carboxylic acids is 2. The predicted octanol–water partition coefficient (Wildman–Crippen LogP) is 1.40. The van der Waals surface area contributed by atoms with Gasteiger partial charge in [0.25, 0.3) is 5.91 Å². The molecule has 1 saturated heterocycles. The van der Waals surface area contributed by atoms with Crippen LogP contribution in [-0.2, 0) is 14.3 Å². The van der Waals surface area contributed by atoms with Gasteiger partial charge in [0.15, 0.2) is 0 Å². The van der Waals surface area contributed by atoms with Gasteiger partial charge < -0.3 is 20.5 Å². The van der Waals surface area contributed by atoms with Crippen LogP contribution in [0.2, 0.25) is 0 Å². The quantitative estimate of drug-likeness (QED) is 0.735. The topological polar surface area (TPSA) is 105 Å². The first kappa shape index (κ1) is 17.0. The van der Waals surface area contributed by atoms with E-state index in [0.29, 0.717) is 24.3 Å². The summed E-state index contributed by atoms with van der Waals surface area (Å²) < 4.78 is 5.41. The highest BCUT2D eigenvalue weighted by molar-refractivity contribution is 5.97. The van der Waals surface area contributed by atoms with Gasteiger partial charge in [-0.15, -0.1) is 0 Å². The van der Waals surface area contributed by atoms with Gasteiger partial charge in [0, 0.05) is 17.9 Å². The van der Waals surface area contributed by atoms with Crippen molar-refractivity contribution in [1.82, 2.24) is 5.32 Å². The average Bonchev–Trinajstić information content (AvgIpc) is 3.00. The van der Waals surface area contributed by atoms with Crippen LogP contribution in [0.15, 0.2) is 24.3 Å². The number of carboxylic acid groups (broad SMARTS) is 1. The van der Waals surface area contributed by atoms with Crippen LogP contribution in [-0.4, -0.2) is 41.6 Å². The number of hydrogen-bond donors (Lipinski definition) is 3. The third-order valence-electron chi connectivity index (χ3n) is 3.59. The van der Waals surface area contributed by atoms with Crippen LogP contribution >= 0.6 is 0 Å². The molecule has 0 spiro atoms. The van der Waals surface area contributed by atoms with Crippen LogP contribution in [0.4, 0.5) is 5.69 Å². The molecule has 0 aromatic heterocycles. The van der Waals surface area contributed by atoms with Crippen molar-refractivity contribution in [3.8, 4) is 0 Å². The fourth-order valence-corrected chi connectivity index (χ4v) is 2.27. The Morgan fingerprint density at radius 1 is 1.30 bits per heavy atom. The lowest BCUT2D eigenvalue weighted by molar-refractivity contribution is -0.138. The summed E-state index contributed by atoms with van der Waals surface area (Å²) in [5.74, 6) is -1.71. The second-order valence-electron chi connectivity index (χ2n) is 5.50. The normalized spacial score (nSPS) is 18.2. The first-order chi connectivity index (χ1) is 11.0. The van der Waals surface area contributed by atoms with Gasteiger partial charge in [-0.2, -0.15) is 0 Å². The minimum absolute atomic E-state index is 0.0162. The Bertz CT molecular complexity index is 579. The van der Waals surface area contributed by atoms with E-state index in [0.717, 1.165) is 12.8 Å². The largest absolute Gasteiger partial charge is 0.480 e. The highest BCUT2D eigenvalue weighted by Crippen LogP contribution is 2.17. The van der Waals surface area contributed by atoms with E-state index in [-0.39, 0.29) is 12.0 Å². The van der Waals surface area contributed by atoms with Crippen LogP contribution in [0, 0.1) is 0 Å². The zero-order valence-corrected chi connectivity index (χ0v) is 12.9. The number of aliphatic carboxylic acids is 1. The monoisotopic (exact) mass is 320 g/mol. The van der Waals surface area contributed by atoms with Gasteiger partial charge in [-0.1, -0.05) is 0 Å². The number of amides is 2. The van der Waals surface area contributed by atoms with Gasteiger partial charge in [-0.05, 0) is 44.0 Å². The molecule has 0 saturated carbocycles. The first-order valence-corrected chi connectivity index (χ1v) is 7.51. The molecule has 0 aliphatic carbocycles. The van der Waals surface area contributed by atoms with E-state index in [9.17, 15) is 14.4 Å². The molecule has 0 radical (unpaired) electrons. The van der Waals surface area contributed by atoms with Gasteiger partial charge in [0.2, 0.25) is 5.91 Å². The summed E-state index contributed by atoms with van der Waals surface area (Å²) in [6, 6.07) is 5.31. The Balaban J connectivity index is 1.87. The van der Waals surface area contributed by atoms with E-state index < -0.39 is 17.9 Å². The molecule has 23 heavy (non-hydrogen) atoms. The predicted molar refractivity (Wildman–Crippen MR) is 83.2 cm³/mol. The van der Waals surface area contributed by atoms with Crippen LogP contribution in [0.5, 0.6) is 0 Å². The van der Waals surface area contributed by atoms with Gasteiger partial charge in [0.1, 0.15) is 6.04 Å². The molecular weight excluding hydrogens is 300 g/mol. The summed E-state index contributed by atoms with van der Waals surface area (Å²) >= 11 is 0. The lowest BCUT2D eigenvalue weighted by atomic mass is 10.1. The van der Waals surface area contributed by atoms with Crippen molar-refractivity contribution in [3.05, 3.63) is 29.8 Å². The third kappa shape index (κ3) is 5.07. The average molecular weight is 320 g/mol. The van der Waals surface area contributed by atoms with Gasteiger partial charge in [-0.25, -0.2) is 0 Å². The summed E-state index contributed by atoms with van der Waals surface area (Å²) in [6.45, 7) is 2.09. The SMILES string of the molecule is CC(NC(=O)c1ccc(NC(=O)CC2CCCO2)cc1)C(=O)O. The molecular formula is C16H20N2O5. The number of rotatable bonds is 6. The highest BCUT2D eigenvalue weighted by Gasteiger charge is 2.19. The van der Waals surface area contributed by atoms with Crippen molar-refractivity contribution in [1.29, 1.82) is 0 Å². The lowest BCUT2D eigenvalue weighted by Crippen LogP contribution is -2.38. The number of hydrogen-bond acceptors (Lipinski definition) is 4. The zero-order valence-electron chi connectivity index (χ0n) is 12.9. The summed E-state index contributed by atoms with van der Waals surface area (Å²) in [5, 5.41) is 13.9. The third-order valence-corrected chi connectivity index (χ3v) is 3.59. The molecule has 2 amide bonds. The zero-order chi connectivity index (χ0) is 16.8. The number of nitrogens with one attached hydrogen (secondary N) is 2. The molecule has 2 unspecified atom stereocenters. The molecule has 7 nitrogen and oxygen atoms in total. The number of benzene rings is 1. The molecule has 3 N–H and O–H groups in total. The molecule has 1 aromatic rings. The van der Waals surface area contributed by atoms with Crippen molar-refractivity contribution < 1.29 is 24.2 Å². The summed E-state index contributed by atoms with van der Waals surface area (Å²) in [6.07, 6.45) is 2.18. The maximum atomic E-state index is 11.9. The summed E-state index contributed by atoms with van der Waals surface area (Å²) in [7, 11) is 0. The Morgan fingerprint density at radius 3 is 2.57 bits per heavy atom. The molecule has 1 fully saturated rings. The van der Waals surface area contributed by atoms with Crippen LogP contribution in [0.3, 0.4) is 0 Å². The summed E-state index contributed by atoms with van der Waals surface area (Å²) in [5.41, 5.74) is 0.908. The minimum Gasteiger partial charge on any atom is -0.480 e. The lowest BCUT2D eigenvalue weighted by Gasteiger charge is -2.11. The van der Waals surface area contributed by atoms with Gasteiger partial charge >= 0.3 is 5.97 Å².